The van der Waals surface area contributed by atoms with Crippen LogP contribution in [0.4, 0.5) is 13.2 Å². The zero-order valence-electron chi connectivity index (χ0n) is 16.1. The van der Waals surface area contributed by atoms with Gasteiger partial charge in [-0.1, -0.05) is 11.6 Å². The number of nitrogens with zero attached hydrogens (tertiary/aromatic N) is 2. The predicted molar refractivity (Wildman–Crippen MR) is 101 cm³/mol. The molecule has 3 rings (SSSR count). The second-order valence-electron chi connectivity index (χ2n) is 7.56. The summed E-state index contributed by atoms with van der Waals surface area (Å²) in [7, 11) is 0. The van der Waals surface area contributed by atoms with E-state index in [1.54, 1.807) is 0 Å². The summed E-state index contributed by atoms with van der Waals surface area (Å²) < 4.78 is 43.7. The first-order valence-corrected chi connectivity index (χ1v) is 9.71. The van der Waals surface area contributed by atoms with Gasteiger partial charge in [0.25, 0.3) is 5.91 Å². The van der Waals surface area contributed by atoms with Crippen molar-refractivity contribution in [3.63, 3.8) is 0 Å². The van der Waals surface area contributed by atoms with Gasteiger partial charge in [-0.3, -0.25) is 9.48 Å². The van der Waals surface area contributed by atoms with Gasteiger partial charge in [0.05, 0.1) is 16.3 Å². The van der Waals surface area contributed by atoms with Crippen molar-refractivity contribution in [2.45, 2.75) is 59.0 Å². The fourth-order valence-corrected chi connectivity index (χ4v) is 4.05. The standard InChI is InChI=1S/C20H23ClF3N3O/c1-10-8-11(2)27(26-10)9-13-4-6-14(7-5-13)25-20(28)15-16(21)19(24)18(23)12(3)17(15)22/h8,13-14H,4-7,9H2,1-3H3,(H,25,28). The maximum Gasteiger partial charge on any atom is 0.256 e. The van der Waals surface area contributed by atoms with Gasteiger partial charge in [-0.25, -0.2) is 13.2 Å². The van der Waals surface area contributed by atoms with Crippen LogP contribution >= 0.6 is 11.6 Å². The number of benzene rings is 1. The van der Waals surface area contributed by atoms with E-state index in [1.165, 1.54) is 0 Å². The minimum Gasteiger partial charge on any atom is -0.349 e. The topological polar surface area (TPSA) is 46.9 Å². The summed E-state index contributed by atoms with van der Waals surface area (Å²) in [6, 6.07) is 1.88. The summed E-state index contributed by atoms with van der Waals surface area (Å²) in [6.07, 6.45) is 3.21. The van der Waals surface area contributed by atoms with Crippen LogP contribution in [0.25, 0.3) is 0 Å². The molecule has 0 atom stereocenters. The molecule has 0 spiro atoms. The smallest absolute Gasteiger partial charge is 0.256 e. The molecule has 0 saturated heterocycles. The molecule has 1 aliphatic rings. The molecular weight excluding hydrogens is 391 g/mol. The van der Waals surface area contributed by atoms with Gasteiger partial charge in [-0.05, 0) is 58.4 Å². The molecule has 8 heteroatoms. The van der Waals surface area contributed by atoms with Gasteiger partial charge >= 0.3 is 0 Å². The average Bonchev–Trinajstić information content (AvgIpc) is 2.97. The molecule has 2 aromatic rings. The molecule has 1 aromatic carbocycles. The number of hydrogen-bond donors (Lipinski definition) is 1. The van der Waals surface area contributed by atoms with Gasteiger partial charge in [0.1, 0.15) is 5.82 Å². The molecule has 1 amide bonds. The SMILES string of the molecule is Cc1cc(C)n(CC2CCC(NC(=O)c3c(F)c(C)c(F)c(F)c3Cl)CC2)n1. The number of carbonyl (C=O) groups is 1. The van der Waals surface area contributed by atoms with Gasteiger partial charge < -0.3 is 5.32 Å². The minimum atomic E-state index is -1.40. The van der Waals surface area contributed by atoms with Crippen LogP contribution in [0.1, 0.15) is 53.0 Å². The number of amides is 1. The summed E-state index contributed by atoms with van der Waals surface area (Å²) in [5.74, 6) is -4.27. The van der Waals surface area contributed by atoms with Crippen LogP contribution in [0.3, 0.4) is 0 Å². The molecule has 0 radical (unpaired) electrons. The van der Waals surface area contributed by atoms with Crippen molar-refractivity contribution < 1.29 is 18.0 Å². The lowest BCUT2D eigenvalue weighted by atomic mass is 9.86. The summed E-state index contributed by atoms with van der Waals surface area (Å²) >= 11 is 5.69. The molecule has 28 heavy (non-hydrogen) atoms. The van der Waals surface area contributed by atoms with E-state index in [2.05, 4.69) is 10.4 Å². The lowest BCUT2D eigenvalue weighted by Crippen LogP contribution is -2.39. The predicted octanol–water partition coefficient (Wildman–Crippen LogP) is 4.87. The third-order valence-corrected chi connectivity index (χ3v) is 5.78. The van der Waals surface area contributed by atoms with Crippen LogP contribution in [-0.2, 0) is 6.54 Å². The molecule has 1 aliphatic carbocycles. The van der Waals surface area contributed by atoms with Crippen LogP contribution in [-0.4, -0.2) is 21.7 Å². The highest BCUT2D eigenvalue weighted by atomic mass is 35.5. The van der Waals surface area contributed by atoms with Crippen molar-refractivity contribution in [2.75, 3.05) is 0 Å². The van der Waals surface area contributed by atoms with Gasteiger partial charge in [0.2, 0.25) is 0 Å². The van der Waals surface area contributed by atoms with Gasteiger partial charge in [-0.2, -0.15) is 5.10 Å². The second kappa shape index (κ2) is 8.15. The molecule has 0 unspecified atom stereocenters. The van der Waals surface area contributed by atoms with E-state index in [-0.39, 0.29) is 6.04 Å². The maximum atomic E-state index is 14.3. The first-order valence-electron chi connectivity index (χ1n) is 9.33. The van der Waals surface area contributed by atoms with Crippen LogP contribution in [0.2, 0.25) is 5.02 Å². The number of nitrogens with one attached hydrogen (secondary N) is 1. The highest BCUT2D eigenvalue weighted by Gasteiger charge is 2.29. The second-order valence-corrected chi connectivity index (χ2v) is 7.93. The van der Waals surface area contributed by atoms with Crippen LogP contribution in [0, 0.1) is 44.1 Å². The van der Waals surface area contributed by atoms with Crippen molar-refractivity contribution in [3.05, 3.63) is 51.1 Å². The van der Waals surface area contributed by atoms with Gasteiger partial charge in [0, 0.05) is 23.8 Å². The van der Waals surface area contributed by atoms with E-state index >= 15 is 0 Å². The number of aromatic nitrogens is 2. The summed E-state index contributed by atoms with van der Waals surface area (Å²) in [5.41, 5.74) is 0.911. The molecule has 1 aromatic heterocycles. The third-order valence-electron chi connectivity index (χ3n) is 5.43. The van der Waals surface area contributed by atoms with Gasteiger partial charge in [-0.15, -0.1) is 0 Å². The Balaban J connectivity index is 1.62. The Kier molecular flexibility index (Phi) is 6.03. The van der Waals surface area contributed by atoms with Crippen molar-refractivity contribution in [2.24, 2.45) is 5.92 Å². The maximum absolute atomic E-state index is 14.3. The average molecular weight is 414 g/mol. The van der Waals surface area contributed by atoms with E-state index in [4.69, 9.17) is 11.6 Å². The van der Waals surface area contributed by atoms with E-state index in [0.29, 0.717) is 5.92 Å². The van der Waals surface area contributed by atoms with Crippen molar-refractivity contribution in [3.8, 4) is 0 Å². The first kappa shape index (κ1) is 20.7. The first-order chi connectivity index (χ1) is 13.2. The number of rotatable bonds is 4. The fourth-order valence-electron chi connectivity index (χ4n) is 3.80. The molecule has 1 saturated carbocycles. The van der Waals surface area contributed by atoms with Crippen molar-refractivity contribution in [1.82, 2.24) is 15.1 Å². The summed E-state index contributed by atoms with van der Waals surface area (Å²) in [6.45, 7) is 5.88. The normalized spacial score (nSPS) is 19.7. The Morgan fingerprint density at radius 1 is 1.14 bits per heavy atom. The molecular formula is C20H23ClF3N3O. The molecule has 1 fully saturated rings. The Hall–Kier alpha value is -2.02. The molecule has 0 bridgehead atoms. The van der Waals surface area contributed by atoms with E-state index in [0.717, 1.165) is 50.5 Å². The van der Waals surface area contributed by atoms with Crippen molar-refractivity contribution >= 4 is 17.5 Å². The Labute approximate surface area is 167 Å². The number of halogens is 4. The van der Waals surface area contributed by atoms with Crippen molar-refractivity contribution in [1.29, 1.82) is 0 Å². The molecule has 4 nitrogen and oxygen atoms in total. The highest BCUT2D eigenvalue weighted by molar-refractivity contribution is 6.34. The summed E-state index contributed by atoms with van der Waals surface area (Å²) in [5, 5.41) is 6.37. The van der Waals surface area contributed by atoms with Crippen LogP contribution in [0.5, 0.6) is 0 Å². The summed E-state index contributed by atoms with van der Waals surface area (Å²) in [4.78, 5) is 12.5. The zero-order valence-corrected chi connectivity index (χ0v) is 16.8. The minimum absolute atomic E-state index is 0.159. The Bertz CT molecular complexity index is 876. The van der Waals surface area contributed by atoms with E-state index in [1.807, 2.05) is 24.6 Å². The number of carbonyl (C=O) groups excluding carboxylic acids is 1. The van der Waals surface area contributed by atoms with Gasteiger partial charge in [0.15, 0.2) is 11.6 Å². The fraction of sp³-hybridized carbons (Fsp3) is 0.500. The van der Waals surface area contributed by atoms with E-state index in [9.17, 15) is 18.0 Å². The van der Waals surface area contributed by atoms with E-state index < -0.39 is 39.5 Å². The quantitative estimate of drug-likeness (QED) is 0.574. The zero-order chi connectivity index (χ0) is 20.6. The largest absolute Gasteiger partial charge is 0.349 e. The lowest BCUT2D eigenvalue weighted by molar-refractivity contribution is 0.0915. The Morgan fingerprint density at radius 2 is 1.79 bits per heavy atom. The Morgan fingerprint density at radius 3 is 2.36 bits per heavy atom. The highest BCUT2D eigenvalue weighted by Crippen LogP contribution is 2.30. The molecule has 152 valence electrons. The molecule has 1 heterocycles. The van der Waals surface area contributed by atoms with Crippen LogP contribution in [0.15, 0.2) is 6.07 Å². The lowest BCUT2D eigenvalue weighted by Gasteiger charge is -2.29. The molecule has 1 N–H and O–H groups in total. The third kappa shape index (κ3) is 4.04. The number of hydrogen-bond acceptors (Lipinski definition) is 2. The number of aryl methyl sites for hydroxylation is 2. The van der Waals surface area contributed by atoms with Crippen LogP contribution < -0.4 is 5.32 Å². The molecule has 0 aliphatic heterocycles. The monoisotopic (exact) mass is 413 g/mol.